The van der Waals surface area contributed by atoms with Crippen LogP contribution in [-0.4, -0.2) is 14.3 Å². The van der Waals surface area contributed by atoms with Crippen LogP contribution in [0.5, 0.6) is 11.5 Å². The van der Waals surface area contributed by atoms with Gasteiger partial charge in [0.05, 0.1) is 10.5 Å². The molecule has 0 atom stereocenters. The molecule has 9 heteroatoms. The van der Waals surface area contributed by atoms with E-state index < -0.39 is 10.0 Å². The Bertz CT molecular complexity index is 832. The van der Waals surface area contributed by atoms with Gasteiger partial charge in [0.1, 0.15) is 11.5 Å². The molecule has 0 aliphatic heterocycles. The molecule has 0 bridgehead atoms. The third-order valence-corrected chi connectivity index (χ3v) is 3.94. The molecule has 8 nitrogen and oxygen atoms in total. The Labute approximate surface area is 133 Å². The molecule has 0 aromatic heterocycles. The minimum atomic E-state index is -4.03. The van der Waals surface area contributed by atoms with Crippen LogP contribution in [0, 0.1) is 6.92 Å². The zero-order valence-corrected chi connectivity index (χ0v) is 13.2. The van der Waals surface area contributed by atoms with E-state index in [2.05, 4.69) is 5.10 Å². The van der Waals surface area contributed by atoms with Gasteiger partial charge in [-0.1, -0.05) is 23.8 Å². The molecule has 2 aromatic rings. The van der Waals surface area contributed by atoms with Gasteiger partial charge in [-0.15, -0.1) is 5.10 Å². The summed E-state index contributed by atoms with van der Waals surface area (Å²) in [6, 6.07) is 11.6. The number of benzene rings is 2. The van der Waals surface area contributed by atoms with Crippen LogP contribution in [0.4, 0.5) is 0 Å². The number of amidine groups is 1. The van der Waals surface area contributed by atoms with E-state index in [-0.39, 0.29) is 22.0 Å². The van der Waals surface area contributed by atoms with Crippen molar-refractivity contribution in [3.63, 3.8) is 0 Å². The molecule has 23 heavy (non-hydrogen) atoms. The highest BCUT2D eigenvalue weighted by molar-refractivity contribution is 7.89. The van der Waals surface area contributed by atoms with E-state index in [9.17, 15) is 8.42 Å². The van der Waals surface area contributed by atoms with Crippen LogP contribution in [0.25, 0.3) is 0 Å². The second-order valence-corrected chi connectivity index (χ2v) is 6.25. The standard InChI is InChI=1S/C14H17N5O3S/c1-9-5-7-10(8-6-9)22-11-3-2-4-12(23(17,20)21)13(11)14(15)18-19-16/h2-8,19H,16H2,1H3,(H2,15,18)(H2,17,20,21). The molecule has 0 heterocycles. The lowest BCUT2D eigenvalue weighted by atomic mass is 10.2. The number of sulfonamides is 1. The van der Waals surface area contributed by atoms with Crippen molar-refractivity contribution in [1.29, 1.82) is 0 Å². The smallest absolute Gasteiger partial charge is 0.238 e. The van der Waals surface area contributed by atoms with Gasteiger partial charge in [-0.05, 0) is 31.2 Å². The lowest BCUT2D eigenvalue weighted by molar-refractivity contribution is 0.479. The highest BCUT2D eigenvalue weighted by atomic mass is 32.2. The molecule has 0 spiro atoms. The van der Waals surface area contributed by atoms with Gasteiger partial charge in [0.15, 0.2) is 5.84 Å². The first-order valence-electron chi connectivity index (χ1n) is 6.52. The van der Waals surface area contributed by atoms with E-state index in [4.69, 9.17) is 21.5 Å². The number of nitrogens with one attached hydrogen (secondary N) is 1. The summed E-state index contributed by atoms with van der Waals surface area (Å²) in [5, 5.41) is 8.84. The molecule has 2 aromatic carbocycles. The number of primary sulfonamides is 1. The van der Waals surface area contributed by atoms with Gasteiger partial charge in [-0.2, -0.15) is 0 Å². The van der Waals surface area contributed by atoms with Gasteiger partial charge in [0.25, 0.3) is 0 Å². The van der Waals surface area contributed by atoms with Crippen molar-refractivity contribution in [2.75, 3.05) is 0 Å². The largest absolute Gasteiger partial charge is 0.457 e. The van der Waals surface area contributed by atoms with Crippen molar-refractivity contribution in [3.8, 4) is 11.5 Å². The third-order valence-electron chi connectivity index (χ3n) is 2.98. The van der Waals surface area contributed by atoms with Crippen LogP contribution in [0.15, 0.2) is 52.5 Å². The number of ether oxygens (including phenoxy) is 1. The van der Waals surface area contributed by atoms with E-state index in [1.165, 1.54) is 12.1 Å². The number of hydrazine groups is 1. The van der Waals surface area contributed by atoms with Crippen molar-refractivity contribution in [3.05, 3.63) is 53.6 Å². The second-order valence-electron chi connectivity index (χ2n) is 4.72. The maximum Gasteiger partial charge on any atom is 0.238 e. The lowest BCUT2D eigenvalue weighted by Gasteiger charge is -2.14. The molecule has 0 amide bonds. The molecule has 7 N–H and O–H groups in total. The number of rotatable bonds is 5. The quantitative estimate of drug-likeness (QED) is 0.271. The molecule has 0 radical (unpaired) electrons. The first kappa shape index (κ1) is 16.7. The summed E-state index contributed by atoms with van der Waals surface area (Å²) in [7, 11) is -4.03. The van der Waals surface area contributed by atoms with Crippen LogP contribution in [-0.2, 0) is 10.0 Å². The van der Waals surface area contributed by atoms with E-state index in [0.29, 0.717) is 5.75 Å². The van der Waals surface area contributed by atoms with Crippen LogP contribution in [0.1, 0.15) is 11.1 Å². The topological polar surface area (TPSA) is 146 Å². The highest BCUT2D eigenvalue weighted by Gasteiger charge is 2.21. The number of hydrogen-bond donors (Lipinski definition) is 4. The Morgan fingerprint density at radius 2 is 1.83 bits per heavy atom. The predicted molar refractivity (Wildman–Crippen MR) is 87.1 cm³/mol. The molecule has 0 saturated carbocycles. The third kappa shape index (κ3) is 3.97. The lowest BCUT2D eigenvalue weighted by Crippen LogP contribution is -2.26. The predicted octanol–water partition coefficient (Wildman–Crippen LogP) is 0.518. The van der Waals surface area contributed by atoms with Gasteiger partial charge >= 0.3 is 0 Å². The minimum Gasteiger partial charge on any atom is -0.457 e. The van der Waals surface area contributed by atoms with Crippen molar-refractivity contribution < 1.29 is 13.2 Å². The van der Waals surface area contributed by atoms with E-state index in [1.54, 1.807) is 18.2 Å². The number of aryl methyl sites for hydroxylation is 1. The normalized spacial score (nSPS) is 12.0. The highest BCUT2D eigenvalue weighted by Crippen LogP contribution is 2.29. The van der Waals surface area contributed by atoms with Gasteiger partial charge < -0.3 is 10.5 Å². The molecule has 0 aliphatic rings. The number of hydrogen-bond acceptors (Lipinski definition) is 6. The number of hydrazone groups is 1. The summed E-state index contributed by atoms with van der Waals surface area (Å²) in [4.78, 5) is -0.210. The maximum absolute atomic E-state index is 11.8. The molecule has 0 unspecified atom stereocenters. The summed E-state index contributed by atoms with van der Waals surface area (Å²) in [6.45, 7) is 1.94. The van der Waals surface area contributed by atoms with Crippen LogP contribution in [0.3, 0.4) is 0 Å². The fourth-order valence-electron chi connectivity index (χ4n) is 1.94. The fourth-order valence-corrected chi connectivity index (χ4v) is 2.70. The second kappa shape index (κ2) is 6.65. The Morgan fingerprint density at radius 1 is 1.17 bits per heavy atom. The molecule has 0 saturated heterocycles. The maximum atomic E-state index is 11.8. The van der Waals surface area contributed by atoms with Crippen molar-refractivity contribution in [1.82, 2.24) is 5.53 Å². The summed E-state index contributed by atoms with van der Waals surface area (Å²) in [5.74, 6) is 5.64. The Hall–Kier alpha value is -2.62. The fraction of sp³-hybridized carbons (Fsp3) is 0.0714. The first-order valence-corrected chi connectivity index (χ1v) is 8.07. The van der Waals surface area contributed by atoms with Gasteiger partial charge in [0.2, 0.25) is 10.0 Å². The monoisotopic (exact) mass is 335 g/mol. The Morgan fingerprint density at radius 3 is 2.39 bits per heavy atom. The number of nitrogens with two attached hydrogens (primary N) is 3. The van der Waals surface area contributed by atoms with Crippen molar-refractivity contribution in [2.24, 2.45) is 21.8 Å². The van der Waals surface area contributed by atoms with Crippen molar-refractivity contribution in [2.45, 2.75) is 11.8 Å². The minimum absolute atomic E-state index is 0.0357. The SMILES string of the molecule is Cc1ccc(Oc2cccc(S(N)(=O)=O)c2/C(N)=N/NN)cc1. The van der Waals surface area contributed by atoms with E-state index in [0.717, 1.165) is 5.56 Å². The van der Waals surface area contributed by atoms with E-state index >= 15 is 0 Å². The molecule has 2 rings (SSSR count). The molecule has 0 fully saturated rings. The zero-order chi connectivity index (χ0) is 17.0. The number of nitrogens with zero attached hydrogens (tertiary/aromatic N) is 1. The van der Waals surface area contributed by atoms with Crippen LogP contribution < -0.4 is 27.0 Å². The van der Waals surface area contributed by atoms with E-state index in [1.807, 2.05) is 24.6 Å². The average Bonchev–Trinajstić information content (AvgIpc) is 2.48. The first-order chi connectivity index (χ1) is 10.8. The average molecular weight is 335 g/mol. The summed E-state index contributed by atoms with van der Waals surface area (Å²) >= 11 is 0. The van der Waals surface area contributed by atoms with Gasteiger partial charge in [-0.3, -0.25) is 0 Å². The van der Waals surface area contributed by atoms with Crippen LogP contribution >= 0.6 is 0 Å². The summed E-state index contributed by atoms with van der Waals surface area (Å²) in [5.41, 5.74) is 8.90. The van der Waals surface area contributed by atoms with Gasteiger partial charge in [-0.25, -0.2) is 24.9 Å². The molecular formula is C14H17N5O3S. The Balaban J connectivity index is 2.58. The van der Waals surface area contributed by atoms with Gasteiger partial charge in [0, 0.05) is 0 Å². The molecule has 122 valence electrons. The van der Waals surface area contributed by atoms with Crippen molar-refractivity contribution >= 4 is 15.9 Å². The molecular weight excluding hydrogens is 318 g/mol. The summed E-state index contributed by atoms with van der Waals surface area (Å²) in [6.07, 6.45) is 0. The zero-order valence-electron chi connectivity index (χ0n) is 12.4. The Kier molecular flexibility index (Phi) is 4.84. The summed E-state index contributed by atoms with van der Waals surface area (Å²) < 4.78 is 29.3. The molecule has 0 aliphatic carbocycles. The van der Waals surface area contributed by atoms with Crippen LogP contribution in [0.2, 0.25) is 0 Å².